The van der Waals surface area contributed by atoms with E-state index in [0.717, 1.165) is 26.6 Å². The number of hydrazone groups is 1. The Balaban J connectivity index is 1.93. The molecule has 1 atom stereocenters. The zero-order valence-corrected chi connectivity index (χ0v) is 16.5. The predicted octanol–water partition coefficient (Wildman–Crippen LogP) is 4.87. The topological polar surface area (TPSA) is 27.6 Å². The quantitative estimate of drug-likeness (QED) is 0.659. The fourth-order valence-corrected chi connectivity index (χ4v) is 3.27. The molecule has 1 heterocycles. The lowest BCUT2D eigenvalue weighted by Crippen LogP contribution is -2.34. The van der Waals surface area contributed by atoms with Crippen LogP contribution in [0.2, 0.25) is 0 Å². The number of thiocarbonyl (C=S) groups is 1. The van der Waals surface area contributed by atoms with Crippen molar-refractivity contribution >= 4 is 54.9 Å². The van der Waals surface area contributed by atoms with Crippen LogP contribution in [0.3, 0.4) is 0 Å². The van der Waals surface area contributed by atoms with Crippen LogP contribution >= 0.6 is 44.1 Å². The lowest BCUT2D eigenvalue weighted by atomic mass is 9.99. The van der Waals surface area contributed by atoms with Gasteiger partial charge in [-0.3, -0.25) is 0 Å². The molecule has 0 spiro atoms. The molecule has 2 aromatic carbocycles. The van der Waals surface area contributed by atoms with Gasteiger partial charge in [0.05, 0.1) is 11.8 Å². The summed E-state index contributed by atoms with van der Waals surface area (Å²) in [5.41, 5.74) is 3.36. The van der Waals surface area contributed by atoms with Crippen LogP contribution in [0.1, 0.15) is 23.6 Å². The highest BCUT2D eigenvalue weighted by molar-refractivity contribution is 9.10. The number of nitrogens with zero attached hydrogens (tertiary/aromatic N) is 2. The summed E-state index contributed by atoms with van der Waals surface area (Å²) >= 11 is 12.4. The molecule has 118 valence electrons. The second-order valence-corrected chi connectivity index (χ2v) is 7.44. The third-order valence-electron chi connectivity index (χ3n) is 3.76. The van der Waals surface area contributed by atoms with Crippen molar-refractivity contribution in [3.05, 3.63) is 68.6 Å². The van der Waals surface area contributed by atoms with Crippen LogP contribution < -0.4 is 5.32 Å². The van der Waals surface area contributed by atoms with E-state index in [4.69, 9.17) is 17.3 Å². The van der Waals surface area contributed by atoms with Gasteiger partial charge < -0.3 is 5.32 Å². The third kappa shape index (κ3) is 3.65. The Labute approximate surface area is 158 Å². The van der Waals surface area contributed by atoms with Crippen LogP contribution in [-0.2, 0) is 0 Å². The minimum atomic E-state index is 0.113. The smallest absolute Gasteiger partial charge is 0.189 e. The molecular weight excluding hydrogens is 438 g/mol. The highest BCUT2D eigenvalue weighted by Gasteiger charge is 2.30. The average Bonchev–Trinajstić information content (AvgIpc) is 3.00. The van der Waals surface area contributed by atoms with Crippen LogP contribution in [0.15, 0.2) is 62.6 Å². The van der Waals surface area contributed by atoms with E-state index in [1.54, 1.807) is 0 Å². The van der Waals surface area contributed by atoms with Gasteiger partial charge in [0.25, 0.3) is 0 Å². The normalized spacial score (nSPS) is 17.1. The van der Waals surface area contributed by atoms with Crippen molar-refractivity contribution in [3.63, 3.8) is 0 Å². The van der Waals surface area contributed by atoms with Crippen molar-refractivity contribution < 1.29 is 0 Å². The van der Waals surface area contributed by atoms with Gasteiger partial charge in [0, 0.05) is 22.4 Å². The van der Waals surface area contributed by atoms with E-state index in [1.165, 1.54) is 5.56 Å². The second kappa shape index (κ2) is 7.11. The maximum Gasteiger partial charge on any atom is 0.189 e. The molecule has 6 heteroatoms. The molecule has 2 aromatic rings. The lowest BCUT2D eigenvalue weighted by molar-refractivity contribution is 0.366. The first-order chi connectivity index (χ1) is 11.1. The molecule has 0 saturated heterocycles. The number of hydrogen-bond donors (Lipinski definition) is 1. The SMILES string of the molecule is CNC(=S)N1N=C(c2ccc(Br)cc2)C[C@H]1c1ccc(Br)cc1. The maximum atomic E-state index is 5.43. The molecule has 3 rings (SSSR count). The van der Waals surface area contributed by atoms with Crippen LogP contribution in [-0.4, -0.2) is 22.9 Å². The Bertz CT molecular complexity index is 741. The highest BCUT2D eigenvalue weighted by Crippen LogP contribution is 2.33. The van der Waals surface area contributed by atoms with Gasteiger partial charge in [0.2, 0.25) is 0 Å². The summed E-state index contributed by atoms with van der Waals surface area (Å²) in [5.74, 6) is 0. The van der Waals surface area contributed by atoms with Gasteiger partial charge in [-0.1, -0.05) is 56.1 Å². The molecule has 3 nitrogen and oxygen atoms in total. The summed E-state index contributed by atoms with van der Waals surface area (Å²) in [6, 6.07) is 16.7. The van der Waals surface area contributed by atoms with E-state index >= 15 is 0 Å². The molecule has 0 aliphatic carbocycles. The van der Waals surface area contributed by atoms with E-state index in [1.807, 2.05) is 36.3 Å². The van der Waals surface area contributed by atoms with Crippen molar-refractivity contribution in [2.75, 3.05) is 7.05 Å². The van der Waals surface area contributed by atoms with E-state index in [9.17, 15) is 0 Å². The van der Waals surface area contributed by atoms with Gasteiger partial charge in [-0.05, 0) is 47.6 Å². The Kier molecular flexibility index (Phi) is 5.14. The second-order valence-electron chi connectivity index (χ2n) is 5.22. The molecule has 1 aliphatic heterocycles. The zero-order chi connectivity index (χ0) is 16.4. The van der Waals surface area contributed by atoms with Crippen molar-refractivity contribution in [1.29, 1.82) is 0 Å². The zero-order valence-electron chi connectivity index (χ0n) is 12.5. The largest absolute Gasteiger partial charge is 0.364 e. The highest BCUT2D eigenvalue weighted by atomic mass is 79.9. The molecule has 0 unspecified atom stereocenters. The average molecular weight is 453 g/mol. The Morgan fingerprint density at radius 3 is 2.22 bits per heavy atom. The fraction of sp³-hybridized carbons (Fsp3) is 0.176. The summed E-state index contributed by atoms with van der Waals surface area (Å²) < 4.78 is 2.13. The van der Waals surface area contributed by atoms with Crippen molar-refractivity contribution in [2.45, 2.75) is 12.5 Å². The monoisotopic (exact) mass is 451 g/mol. The summed E-state index contributed by atoms with van der Waals surface area (Å²) in [6.07, 6.45) is 0.824. The molecule has 0 fully saturated rings. The molecule has 0 amide bonds. The van der Waals surface area contributed by atoms with Gasteiger partial charge in [-0.25, -0.2) is 5.01 Å². The summed E-state index contributed by atoms with van der Waals surface area (Å²) in [7, 11) is 1.83. The molecule has 1 aliphatic rings. The molecule has 0 bridgehead atoms. The molecule has 1 N–H and O–H groups in total. The number of nitrogens with one attached hydrogen (secondary N) is 1. The first kappa shape index (κ1) is 16.6. The van der Waals surface area contributed by atoms with Gasteiger partial charge in [-0.2, -0.15) is 5.10 Å². The van der Waals surface area contributed by atoms with Gasteiger partial charge in [0.1, 0.15) is 0 Å². The number of benzene rings is 2. The standard InChI is InChI=1S/C17H15Br2N3S/c1-20-17(23)22-16(12-4-8-14(19)9-5-12)10-15(21-22)11-2-6-13(18)7-3-11/h2-9,16H,10H2,1H3,(H,20,23)/t16-/m0/s1. The Morgan fingerprint density at radius 2 is 1.65 bits per heavy atom. The fourth-order valence-electron chi connectivity index (χ4n) is 2.57. The third-order valence-corrected chi connectivity index (χ3v) is 5.21. The van der Waals surface area contributed by atoms with Crippen molar-refractivity contribution in [1.82, 2.24) is 10.3 Å². The number of hydrogen-bond acceptors (Lipinski definition) is 2. The van der Waals surface area contributed by atoms with Gasteiger partial charge in [0.15, 0.2) is 5.11 Å². The molecule has 23 heavy (non-hydrogen) atoms. The van der Waals surface area contributed by atoms with E-state index < -0.39 is 0 Å². The lowest BCUT2D eigenvalue weighted by Gasteiger charge is -2.23. The number of halogens is 2. The maximum absolute atomic E-state index is 5.43. The van der Waals surface area contributed by atoms with E-state index in [-0.39, 0.29) is 6.04 Å². The van der Waals surface area contributed by atoms with Crippen LogP contribution in [0.5, 0.6) is 0 Å². The molecule has 0 radical (unpaired) electrons. The Hall–Kier alpha value is -1.24. The molecule has 0 aromatic heterocycles. The van der Waals surface area contributed by atoms with Crippen molar-refractivity contribution in [3.8, 4) is 0 Å². The minimum Gasteiger partial charge on any atom is -0.364 e. The van der Waals surface area contributed by atoms with E-state index in [2.05, 4.69) is 61.4 Å². The van der Waals surface area contributed by atoms with Gasteiger partial charge >= 0.3 is 0 Å². The minimum absolute atomic E-state index is 0.113. The Morgan fingerprint density at radius 1 is 1.09 bits per heavy atom. The molecular formula is C17H15Br2N3S. The van der Waals surface area contributed by atoms with Gasteiger partial charge in [-0.15, -0.1) is 0 Å². The van der Waals surface area contributed by atoms with Crippen molar-refractivity contribution in [2.24, 2.45) is 5.10 Å². The first-order valence-electron chi connectivity index (χ1n) is 7.18. The summed E-state index contributed by atoms with van der Waals surface area (Å²) in [5, 5.41) is 10.3. The predicted molar refractivity (Wildman–Crippen MR) is 106 cm³/mol. The summed E-state index contributed by atoms with van der Waals surface area (Å²) in [4.78, 5) is 0. The number of rotatable bonds is 2. The first-order valence-corrected chi connectivity index (χ1v) is 9.17. The summed E-state index contributed by atoms with van der Waals surface area (Å²) in [6.45, 7) is 0. The van der Waals surface area contributed by atoms with Crippen LogP contribution in [0, 0.1) is 0 Å². The van der Waals surface area contributed by atoms with Crippen LogP contribution in [0.4, 0.5) is 0 Å². The van der Waals surface area contributed by atoms with E-state index in [0.29, 0.717) is 5.11 Å². The van der Waals surface area contributed by atoms with Crippen LogP contribution in [0.25, 0.3) is 0 Å². The molecule has 0 saturated carbocycles.